The summed E-state index contributed by atoms with van der Waals surface area (Å²) in [7, 11) is 1.70. The number of ether oxygens (including phenoxy) is 1. The molecule has 3 aromatic rings. The fourth-order valence-electron chi connectivity index (χ4n) is 4.52. The van der Waals surface area contributed by atoms with Gasteiger partial charge in [-0.3, -0.25) is 4.90 Å². The van der Waals surface area contributed by atoms with Crippen LogP contribution in [0, 0.1) is 0 Å². The number of halogens is 3. The summed E-state index contributed by atoms with van der Waals surface area (Å²) in [6.07, 6.45) is 1.51. The lowest BCUT2D eigenvalue weighted by Crippen LogP contribution is -2.47. The lowest BCUT2D eigenvalue weighted by Gasteiger charge is -2.36. The van der Waals surface area contributed by atoms with Crippen molar-refractivity contribution < 1.29 is 14.3 Å². The van der Waals surface area contributed by atoms with Crippen LogP contribution in [0.15, 0.2) is 72.8 Å². The van der Waals surface area contributed by atoms with E-state index in [-0.39, 0.29) is 19.0 Å². The molecule has 11 heteroatoms. The van der Waals surface area contributed by atoms with Crippen molar-refractivity contribution in [3.63, 3.8) is 0 Å². The molecule has 0 radical (unpaired) electrons. The Kier molecular flexibility index (Phi) is 12.2. The Hall–Kier alpha value is -3.17. The maximum absolute atomic E-state index is 13.1. The molecule has 40 heavy (non-hydrogen) atoms. The Bertz CT molecular complexity index is 1210. The summed E-state index contributed by atoms with van der Waals surface area (Å²) >= 11 is 12.1. The van der Waals surface area contributed by atoms with Crippen molar-refractivity contribution >= 4 is 64.7 Å². The summed E-state index contributed by atoms with van der Waals surface area (Å²) in [5.74, 6) is 0.887. The molecule has 2 N–H and O–H groups in total. The van der Waals surface area contributed by atoms with Gasteiger partial charge in [-0.2, -0.15) is 0 Å². The number of imide groups is 1. The van der Waals surface area contributed by atoms with E-state index in [1.807, 2.05) is 18.2 Å². The van der Waals surface area contributed by atoms with Crippen LogP contribution in [0.25, 0.3) is 0 Å². The highest BCUT2D eigenvalue weighted by Crippen LogP contribution is 2.28. The Morgan fingerprint density at radius 3 is 1.95 bits per heavy atom. The van der Waals surface area contributed by atoms with Gasteiger partial charge in [-0.05, 0) is 67.9 Å². The van der Waals surface area contributed by atoms with E-state index < -0.39 is 12.1 Å². The molecule has 3 aromatic carbocycles. The molecule has 0 spiro atoms. The van der Waals surface area contributed by atoms with E-state index in [2.05, 4.69) is 26.5 Å². The quantitative estimate of drug-likeness (QED) is 0.254. The first-order valence-electron chi connectivity index (χ1n) is 12.9. The van der Waals surface area contributed by atoms with Gasteiger partial charge in [0.05, 0.1) is 12.8 Å². The first-order valence-corrected chi connectivity index (χ1v) is 13.7. The Balaban J connectivity index is 0.00000441. The van der Waals surface area contributed by atoms with Gasteiger partial charge < -0.3 is 20.3 Å². The monoisotopic (exact) mass is 605 g/mol. The fraction of sp³-hybridized carbons (Fsp3) is 0.310. The fourth-order valence-corrected chi connectivity index (χ4v) is 4.90. The smallest absolute Gasteiger partial charge is 0.329 e. The average Bonchev–Trinajstić information content (AvgIpc) is 2.93. The van der Waals surface area contributed by atoms with Crippen molar-refractivity contribution in [2.45, 2.75) is 12.8 Å². The van der Waals surface area contributed by atoms with Crippen molar-refractivity contribution in [2.24, 2.45) is 0 Å². The van der Waals surface area contributed by atoms with E-state index in [1.54, 1.807) is 55.6 Å². The number of methoxy groups -OCH3 is 1. The number of hydrogen-bond donors (Lipinski definition) is 2. The van der Waals surface area contributed by atoms with Crippen LogP contribution in [0.5, 0.6) is 5.75 Å². The third-order valence-corrected chi connectivity index (χ3v) is 7.02. The Labute approximate surface area is 251 Å². The van der Waals surface area contributed by atoms with Gasteiger partial charge in [-0.15, -0.1) is 12.4 Å². The standard InChI is InChI=1S/C29H33Cl2N5O3.ClH/c1-39-27-13-3-2-12-26(27)35-18-16-34(17-19-35)14-4-5-15-36(28(37)32-24-10-6-8-22(30)20-24)29(38)33-25-11-7-9-23(31)21-25;/h2-3,6-13,20-21H,4-5,14-19H2,1H3,(H,32,37)(H,33,38);1H. The number of urea groups is 2. The van der Waals surface area contributed by atoms with Crippen molar-refractivity contribution in [3.05, 3.63) is 82.8 Å². The highest BCUT2D eigenvalue weighted by Gasteiger charge is 2.23. The number of piperazine rings is 1. The highest BCUT2D eigenvalue weighted by atomic mass is 35.5. The Morgan fingerprint density at radius 2 is 1.40 bits per heavy atom. The van der Waals surface area contributed by atoms with Gasteiger partial charge >= 0.3 is 12.1 Å². The van der Waals surface area contributed by atoms with E-state index in [1.165, 1.54) is 4.90 Å². The number of carbonyl (C=O) groups is 2. The molecule has 0 aromatic heterocycles. The predicted octanol–water partition coefficient (Wildman–Crippen LogP) is 7.09. The molecule has 1 fully saturated rings. The van der Waals surface area contributed by atoms with Crippen LogP contribution in [-0.2, 0) is 0 Å². The van der Waals surface area contributed by atoms with Crippen molar-refractivity contribution in [3.8, 4) is 5.75 Å². The maximum atomic E-state index is 13.1. The van der Waals surface area contributed by atoms with Crippen LogP contribution >= 0.6 is 35.6 Å². The van der Waals surface area contributed by atoms with Gasteiger partial charge in [0, 0.05) is 54.1 Å². The maximum Gasteiger partial charge on any atom is 0.329 e. The number of rotatable bonds is 9. The molecule has 1 heterocycles. The number of nitrogens with one attached hydrogen (secondary N) is 2. The molecule has 1 aliphatic heterocycles. The minimum absolute atomic E-state index is 0. The number of carbonyl (C=O) groups excluding carboxylic acids is 2. The highest BCUT2D eigenvalue weighted by molar-refractivity contribution is 6.31. The normalized spacial score (nSPS) is 13.2. The predicted molar refractivity (Wildman–Crippen MR) is 166 cm³/mol. The van der Waals surface area contributed by atoms with Gasteiger partial charge in [0.15, 0.2) is 0 Å². The molecule has 1 aliphatic rings. The third kappa shape index (κ3) is 8.93. The van der Waals surface area contributed by atoms with Crippen molar-refractivity contribution in [1.29, 1.82) is 0 Å². The van der Waals surface area contributed by atoms with E-state index in [0.717, 1.165) is 50.6 Å². The first-order chi connectivity index (χ1) is 18.9. The van der Waals surface area contributed by atoms with E-state index >= 15 is 0 Å². The lowest BCUT2D eigenvalue weighted by atomic mass is 10.2. The number of hydrogen-bond acceptors (Lipinski definition) is 5. The van der Waals surface area contributed by atoms with E-state index in [4.69, 9.17) is 27.9 Å². The SMILES string of the molecule is COc1ccccc1N1CCN(CCCCN(C(=O)Nc2cccc(Cl)c2)C(=O)Nc2cccc(Cl)c2)CC1.Cl. The molecule has 8 nitrogen and oxygen atoms in total. The van der Waals surface area contributed by atoms with Gasteiger partial charge in [0.25, 0.3) is 0 Å². The lowest BCUT2D eigenvalue weighted by molar-refractivity contribution is 0.199. The first kappa shape index (κ1) is 31.4. The molecule has 1 saturated heterocycles. The van der Waals surface area contributed by atoms with Crippen LogP contribution < -0.4 is 20.3 Å². The molecule has 0 unspecified atom stereocenters. The second-order valence-electron chi connectivity index (χ2n) is 9.24. The largest absolute Gasteiger partial charge is 0.495 e. The molecule has 0 saturated carbocycles. The number of amides is 4. The summed E-state index contributed by atoms with van der Waals surface area (Å²) < 4.78 is 5.51. The number of anilines is 3. The van der Waals surface area contributed by atoms with Crippen LogP contribution in [-0.4, -0.2) is 68.2 Å². The van der Waals surface area contributed by atoms with E-state index in [0.29, 0.717) is 27.8 Å². The van der Waals surface area contributed by atoms with Crippen molar-refractivity contribution in [2.75, 3.05) is 61.9 Å². The third-order valence-electron chi connectivity index (χ3n) is 6.55. The van der Waals surface area contributed by atoms with E-state index in [9.17, 15) is 9.59 Å². The zero-order chi connectivity index (χ0) is 27.6. The summed E-state index contributed by atoms with van der Waals surface area (Å²) in [6, 6.07) is 20.7. The molecular formula is C29H34Cl3N5O3. The second kappa shape index (κ2) is 15.6. The van der Waals surface area contributed by atoms with Gasteiger partial charge in [-0.25, -0.2) is 14.5 Å². The molecule has 4 amide bonds. The minimum atomic E-state index is -0.526. The van der Waals surface area contributed by atoms with Crippen LogP contribution in [0.1, 0.15) is 12.8 Å². The summed E-state index contributed by atoms with van der Waals surface area (Å²) in [6.45, 7) is 4.85. The van der Waals surface area contributed by atoms with Crippen molar-refractivity contribution in [1.82, 2.24) is 9.80 Å². The number of benzene rings is 3. The molecule has 0 atom stereocenters. The molecule has 0 bridgehead atoms. The summed E-state index contributed by atoms with van der Waals surface area (Å²) in [4.78, 5) is 32.1. The number of para-hydroxylation sites is 2. The molecule has 4 rings (SSSR count). The Morgan fingerprint density at radius 1 is 0.825 bits per heavy atom. The van der Waals surface area contributed by atoms with Crippen LogP contribution in [0.3, 0.4) is 0 Å². The molecule has 214 valence electrons. The number of nitrogens with zero attached hydrogens (tertiary/aromatic N) is 3. The van der Waals surface area contributed by atoms with Gasteiger partial charge in [0.1, 0.15) is 5.75 Å². The summed E-state index contributed by atoms with van der Waals surface area (Å²) in [5, 5.41) is 6.53. The van der Waals surface area contributed by atoms with Gasteiger partial charge in [0.2, 0.25) is 0 Å². The topological polar surface area (TPSA) is 77.2 Å². The molecular weight excluding hydrogens is 573 g/mol. The van der Waals surface area contributed by atoms with Crippen LogP contribution in [0.4, 0.5) is 26.7 Å². The van der Waals surface area contributed by atoms with Crippen LogP contribution in [0.2, 0.25) is 10.0 Å². The summed E-state index contributed by atoms with van der Waals surface area (Å²) in [5.41, 5.74) is 2.15. The number of unbranched alkanes of at least 4 members (excludes halogenated alkanes) is 1. The van der Waals surface area contributed by atoms with Gasteiger partial charge in [-0.1, -0.05) is 47.5 Å². The average molecular weight is 607 g/mol. The zero-order valence-corrected chi connectivity index (χ0v) is 24.6. The zero-order valence-electron chi connectivity index (χ0n) is 22.3. The minimum Gasteiger partial charge on any atom is -0.495 e. The second-order valence-corrected chi connectivity index (χ2v) is 10.1. The molecule has 0 aliphatic carbocycles.